The van der Waals surface area contributed by atoms with Gasteiger partial charge in [0.25, 0.3) is 0 Å². The minimum absolute atomic E-state index is 0.0461. The third-order valence-corrected chi connectivity index (χ3v) is 6.74. The number of carbonyl (C=O) groups excluding carboxylic acids is 2. The Labute approximate surface area is 191 Å². The molecule has 1 heterocycles. The molecule has 2 aromatic rings. The maximum Gasteiger partial charge on any atom is 0.317 e. The summed E-state index contributed by atoms with van der Waals surface area (Å²) >= 11 is 0. The van der Waals surface area contributed by atoms with Gasteiger partial charge in [0.1, 0.15) is 0 Å². The first-order chi connectivity index (χ1) is 15.6. The molecule has 5 nitrogen and oxygen atoms in total. The van der Waals surface area contributed by atoms with Crippen LogP contribution in [-0.4, -0.2) is 47.4 Å². The predicted molar refractivity (Wildman–Crippen MR) is 127 cm³/mol. The fourth-order valence-electron chi connectivity index (χ4n) is 4.58. The Bertz CT molecular complexity index is 885. The highest BCUT2D eigenvalue weighted by Crippen LogP contribution is 2.29. The van der Waals surface area contributed by atoms with E-state index < -0.39 is 0 Å². The molecule has 0 aromatic heterocycles. The first-order valence-electron chi connectivity index (χ1n) is 12.0. The van der Waals surface area contributed by atoms with Crippen molar-refractivity contribution in [1.29, 1.82) is 0 Å². The fourth-order valence-corrected chi connectivity index (χ4v) is 4.58. The summed E-state index contributed by atoms with van der Waals surface area (Å²) in [6.07, 6.45) is 6.29. The van der Waals surface area contributed by atoms with Gasteiger partial charge in [0, 0.05) is 39.1 Å². The van der Waals surface area contributed by atoms with Crippen LogP contribution < -0.4 is 5.32 Å². The van der Waals surface area contributed by atoms with E-state index in [0.717, 1.165) is 51.6 Å². The number of piperidine rings is 1. The van der Waals surface area contributed by atoms with E-state index >= 15 is 0 Å². The molecular formula is C27H35N3O2. The predicted octanol–water partition coefficient (Wildman–Crippen LogP) is 4.40. The molecule has 32 heavy (non-hydrogen) atoms. The van der Waals surface area contributed by atoms with E-state index in [0.29, 0.717) is 25.0 Å². The van der Waals surface area contributed by atoms with Crippen LogP contribution in [0.3, 0.4) is 0 Å². The molecule has 1 aliphatic heterocycles. The molecule has 1 saturated heterocycles. The van der Waals surface area contributed by atoms with Crippen molar-refractivity contribution in [3.63, 3.8) is 0 Å². The molecule has 1 N–H and O–H groups in total. The van der Waals surface area contributed by atoms with E-state index in [9.17, 15) is 9.59 Å². The molecule has 1 aliphatic carbocycles. The highest BCUT2D eigenvalue weighted by molar-refractivity contribution is 5.75. The van der Waals surface area contributed by atoms with Crippen LogP contribution in [0.15, 0.2) is 54.6 Å². The lowest BCUT2D eigenvalue weighted by atomic mass is 9.90. The summed E-state index contributed by atoms with van der Waals surface area (Å²) in [6.45, 7) is 4.75. The molecular weight excluding hydrogens is 398 g/mol. The summed E-state index contributed by atoms with van der Waals surface area (Å²) in [5, 5.41) is 3.11. The number of benzene rings is 2. The monoisotopic (exact) mass is 433 g/mol. The lowest BCUT2D eigenvalue weighted by Crippen LogP contribution is -2.41. The van der Waals surface area contributed by atoms with Crippen LogP contribution in [0.5, 0.6) is 0 Å². The van der Waals surface area contributed by atoms with Gasteiger partial charge in [0.15, 0.2) is 0 Å². The van der Waals surface area contributed by atoms with Gasteiger partial charge in [-0.3, -0.25) is 4.79 Å². The molecule has 2 aliphatic rings. The summed E-state index contributed by atoms with van der Waals surface area (Å²) < 4.78 is 0. The normalized spacial score (nSPS) is 16.6. The van der Waals surface area contributed by atoms with Crippen molar-refractivity contribution in [3.05, 3.63) is 71.3 Å². The minimum atomic E-state index is 0.0461. The first-order valence-corrected chi connectivity index (χ1v) is 12.0. The van der Waals surface area contributed by atoms with Crippen molar-refractivity contribution in [2.24, 2.45) is 5.92 Å². The first kappa shape index (κ1) is 22.4. The summed E-state index contributed by atoms with van der Waals surface area (Å²) in [5.41, 5.74) is 3.78. The Morgan fingerprint density at radius 3 is 2.19 bits per heavy atom. The van der Waals surface area contributed by atoms with E-state index in [1.807, 2.05) is 28.0 Å². The highest BCUT2D eigenvalue weighted by atomic mass is 16.2. The number of rotatable bonds is 8. The number of hydrogen-bond acceptors (Lipinski definition) is 2. The molecule has 0 unspecified atom stereocenters. The Kier molecular flexibility index (Phi) is 7.46. The van der Waals surface area contributed by atoms with Crippen molar-refractivity contribution < 1.29 is 9.59 Å². The van der Waals surface area contributed by atoms with E-state index in [4.69, 9.17) is 0 Å². The number of carbonyl (C=O) groups is 2. The van der Waals surface area contributed by atoms with Gasteiger partial charge < -0.3 is 15.1 Å². The molecule has 0 radical (unpaired) electrons. The average Bonchev–Trinajstić information content (AvgIpc) is 3.65. The number of nitrogens with one attached hydrogen (secondary N) is 1. The van der Waals surface area contributed by atoms with Gasteiger partial charge in [0.2, 0.25) is 5.91 Å². The Morgan fingerprint density at radius 1 is 0.906 bits per heavy atom. The Hall–Kier alpha value is -2.82. The van der Waals surface area contributed by atoms with Crippen molar-refractivity contribution >= 4 is 11.9 Å². The molecule has 0 atom stereocenters. The number of amides is 3. The third kappa shape index (κ3) is 6.35. The number of nitrogens with zero attached hydrogens (tertiary/aromatic N) is 2. The lowest BCUT2D eigenvalue weighted by molar-refractivity contribution is -0.130. The van der Waals surface area contributed by atoms with Crippen LogP contribution in [0, 0.1) is 5.92 Å². The molecule has 4 rings (SSSR count). The van der Waals surface area contributed by atoms with Crippen molar-refractivity contribution in [2.75, 3.05) is 19.6 Å². The second-order valence-corrected chi connectivity index (χ2v) is 9.30. The summed E-state index contributed by atoms with van der Waals surface area (Å²) in [7, 11) is 0. The second-order valence-electron chi connectivity index (χ2n) is 9.30. The van der Waals surface area contributed by atoms with E-state index in [1.165, 1.54) is 16.7 Å². The van der Waals surface area contributed by atoms with Crippen molar-refractivity contribution in [2.45, 2.75) is 58.0 Å². The van der Waals surface area contributed by atoms with Crippen LogP contribution in [0.1, 0.15) is 49.3 Å². The minimum Gasteiger partial charge on any atom is -0.343 e. The van der Waals surface area contributed by atoms with Gasteiger partial charge in [0.05, 0.1) is 0 Å². The van der Waals surface area contributed by atoms with Gasteiger partial charge in [-0.25, -0.2) is 4.79 Å². The van der Waals surface area contributed by atoms with E-state index in [-0.39, 0.29) is 11.9 Å². The maximum atomic E-state index is 12.8. The summed E-state index contributed by atoms with van der Waals surface area (Å²) in [6, 6.07) is 19.5. The topological polar surface area (TPSA) is 52.7 Å². The smallest absolute Gasteiger partial charge is 0.317 e. The molecule has 2 fully saturated rings. The molecule has 170 valence electrons. The van der Waals surface area contributed by atoms with E-state index in [1.54, 1.807) is 6.92 Å². The zero-order valence-corrected chi connectivity index (χ0v) is 19.1. The zero-order valence-electron chi connectivity index (χ0n) is 19.1. The van der Waals surface area contributed by atoms with E-state index in [2.05, 4.69) is 41.7 Å². The van der Waals surface area contributed by atoms with Crippen LogP contribution in [0.2, 0.25) is 0 Å². The molecule has 3 amide bonds. The van der Waals surface area contributed by atoms with Crippen molar-refractivity contribution in [1.82, 2.24) is 15.1 Å². The molecule has 5 heteroatoms. The largest absolute Gasteiger partial charge is 0.343 e. The van der Waals surface area contributed by atoms with Crippen LogP contribution in [0.25, 0.3) is 0 Å². The summed E-state index contributed by atoms with van der Waals surface area (Å²) in [4.78, 5) is 28.3. The van der Waals surface area contributed by atoms with Gasteiger partial charge in [-0.2, -0.15) is 0 Å². The van der Waals surface area contributed by atoms with Gasteiger partial charge in [-0.05, 0) is 61.1 Å². The Morgan fingerprint density at radius 2 is 1.56 bits per heavy atom. The zero-order chi connectivity index (χ0) is 22.3. The maximum absolute atomic E-state index is 12.8. The van der Waals surface area contributed by atoms with Gasteiger partial charge in [-0.1, -0.05) is 54.6 Å². The number of hydrogen-bond donors (Lipinski definition) is 1. The second kappa shape index (κ2) is 10.7. The number of likely N-dealkylation sites (tertiary alicyclic amines) is 1. The van der Waals surface area contributed by atoms with Gasteiger partial charge >= 0.3 is 6.03 Å². The molecule has 2 aromatic carbocycles. The Balaban J connectivity index is 1.25. The quantitative estimate of drug-likeness (QED) is 0.671. The highest BCUT2D eigenvalue weighted by Gasteiger charge is 2.32. The molecule has 0 spiro atoms. The summed E-state index contributed by atoms with van der Waals surface area (Å²) in [5.74, 6) is 0.840. The lowest BCUT2D eigenvalue weighted by Gasteiger charge is -2.31. The van der Waals surface area contributed by atoms with Gasteiger partial charge in [-0.15, -0.1) is 0 Å². The molecule has 0 bridgehead atoms. The third-order valence-electron chi connectivity index (χ3n) is 6.74. The SMILES string of the molecule is CC(=O)N1CCC(Cc2ccc(CN(C(=O)NCCc3ccccc3)C3CC3)cc2)CC1. The average molecular weight is 434 g/mol. The number of urea groups is 1. The molecule has 1 saturated carbocycles. The van der Waals surface area contributed by atoms with Crippen molar-refractivity contribution in [3.8, 4) is 0 Å². The van der Waals surface area contributed by atoms with Crippen LogP contribution >= 0.6 is 0 Å². The van der Waals surface area contributed by atoms with Crippen LogP contribution in [-0.2, 0) is 24.2 Å². The standard InChI is InChI=1S/C27H35N3O2/c1-21(31)29-17-14-24(15-18-29)19-23-7-9-25(10-8-23)20-30(26-11-12-26)27(32)28-16-13-22-5-3-2-4-6-22/h2-10,24,26H,11-20H2,1H3,(H,28,32). The van der Waals surface area contributed by atoms with Crippen LogP contribution in [0.4, 0.5) is 4.79 Å². The fraction of sp³-hybridized carbons (Fsp3) is 0.481.